The molecule has 0 aliphatic carbocycles. The molecule has 0 amide bonds. The number of imidazole rings is 1. The van der Waals surface area contributed by atoms with Gasteiger partial charge in [-0.05, 0) is 19.1 Å². The van der Waals surface area contributed by atoms with E-state index in [4.69, 9.17) is 0 Å². The number of benzene rings is 2. The summed E-state index contributed by atoms with van der Waals surface area (Å²) in [6.45, 7) is 1.41. The van der Waals surface area contributed by atoms with Crippen molar-refractivity contribution in [2.75, 3.05) is 0 Å². The summed E-state index contributed by atoms with van der Waals surface area (Å²) in [5, 5.41) is 0. The number of carbonyl (C=O) groups excluding carboxylic acids is 1. The van der Waals surface area contributed by atoms with Gasteiger partial charge in [0.05, 0.1) is 11.9 Å². The first kappa shape index (κ1) is 13.2. The quantitative estimate of drug-likeness (QED) is 0.735. The summed E-state index contributed by atoms with van der Waals surface area (Å²) >= 11 is 0. The molecular weight excluding hydrogens is 267 g/mol. The van der Waals surface area contributed by atoms with E-state index in [9.17, 15) is 9.18 Å². The summed E-state index contributed by atoms with van der Waals surface area (Å²) in [5.41, 5.74) is 2.28. The van der Waals surface area contributed by atoms with Crippen LogP contribution in [0.3, 0.4) is 0 Å². The van der Waals surface area contributed by atoms with Gasteiger partial charge in [0.15, 0.2) is 5.78 Å². The number of hydrogen-bond donors (Lipinski definition) is 1. The number of aromatic nitrogens is 2. The minimum Gasteiger partial charge on any atom is -0.338 e. The largest absolute Gasteiger partial charge is 0.338 e. The molecule has 0 unspecified atom stereocenters. The number of nitrogens with zero attached hydrogens (tertiary/aromatic N) is 1. The van der Waals surface area contributed by atoms with Crippen LogP contribution in [0.5, 0.6) is 0 Å². The molecule has 104 valence electrons. The van der Waals surface area contributed by atoms with Gasteiger partial charge in [-0.2, -0.15) is 0 Å². The van der Waals surface area contributed by atoms with Gasteiger partial charge in [0, 0.05) is 16.7 Å². The zero-order chi connectivity index (χ0) is 14.8. The molecule has 21 heavy (non-hydrogen) atoms. The Morgan fingerprint density at radius 2 is 1.90 bits per heavy atom. The van der Waals surface area contributed by atoms with Crippen molar-refractivity contribution in [3.63, 3.8) is 0 Å². The number of H-pyrrole nitrogens is 1. The van der Waals surface area contributed by atoms with Crippen LogP contribution in [0.15, 0.2) is 54.7 Å². The molecule has 0 aliphatic heterocycles. The van der Waals surface area contributed by atoms with E-state index in [1.54, 1.807) is 18.3 Å². The second kappa shape index (κ2) is 5.32. The van der Waals surface area contributed by atoms with Gasteiger partial charge in [0.25, 0.3) is 0 Å². The van der Waals surface area contributed by atoms with E-state index in [-0.39, 0.29) is 5.78 Å². The van der Waals surface area contributed by atoms with Crippen molar-refractivity contribution in [2.24, 2.45) is 0 Å². The van der Waals surface area contributed by atoms with Gasteiger partial charge >= 0.3 is 0 Å². The van der Waals surface area contributed by atoms with Gasteiger partial charge in [0.1, 0.15) is 11.6 Å². The van der Waals surface area contributed by atoms with E-state index in [2.05, 4.69) is 9.97 Å². The SMILES string of the molecule is CC(=O)c1ccc(-c2cnc(-c3ccccc3)[nH]2)c(F)c1. The molecule has 1 aromatic heterocycles. The van der Waals surface area contributed by atoms with Crippen LogP contribution in [0.25, 0.3) is 22.6 Å². The fourth-order valence-electron chi connectivity index (χ4n) is 2.15. The molecule has 1 N–H and O–H groups in total. The molecule has 2 aromatic carbocycles. The molecule has 0 saturated carbocycles. The third-order valence-corrected chi connectivity index (χ3v) is 3.29. The highest BCUT2D eigenvalue weighted by Gasteiger charge is 2.11. The number of ketones is 1. The molecule has 4 heteroatoms. The average Bonchev–Trinajstić information content (AvgIpc) is 2.97. The molecule has 0 aliphatic rings. The van der Waals surface area contributed by atoms with Gasteiger partial charge < -0.3 is 4.98 Å². The molecule has 0 radical (unpaired) electrons. The monoisotopic (exact) mass is 280 g/mol. The molecule has 0 atom stereocenters. The number of nitrogens with one attached hydrogen (secondary N) is 1. The van der Waals surface area contributed by atoms with E-state index < -0.39 is 5.82 Å². The normalized spacial score (nSPS) is 10.6. The van der Waals surface area contributed by atoms with E-state index >= 15 is 0 Å². The standard InChI is InChI=1S/C17H13FN2O/c1-11(21)13-7-8-14(15(18)9-13)16-10-19-17(20-16)12-5-3-2-4-6-12/h2-10H,1H3,(H,19,20). The first-order valence-corrected chi connectivity index (χ1v) is 6.56. The minimum absolute atomic E-state index is 0.157. The summed E-state index contributed by atoms with van der Waals surface area (Å²) in [6, 6.07) is 14.1. The summed E-state index contributed by atoms with van der Waals surface area (Å²) in [7, 11) is 0. The third kappa shape index (κ3) is 2.60. The Morgan fingerprint density at radius 3 is 2.57 bits per heavy atom. The molecule has 0 bridgehead atoms. The van der Waals surface area contributed by atoms with Crippen molar-refractivity contribution in [3.05, 3.63) is 66.1 Å². The Labute approximate surface area is 121 Å². The van der Waals surface area contributed by atoms with Gasteiger partial charge in [-0.15, -0.1) is 0 Å². The Bertz CT molecular complexity index is 794. The summed E-state index contributed by atoms with van der Waals surface area (Å²) in [6.07, 6.45) is 1.59. The molecule has 3 nitrogen and oxygen atoms in total. The Kier molecular flexibility index (Phi) is 3.36. The van der Waals surface area contributed by atoms with Crippen molar-refractivity contribution in [3.8, 4) is 22.6 Å². The van der Waals surface area contributed by atoms with Crippen molar-refractivity contribution >= 4 is 5.78 Å². The number of aromatic amines is 1. The lowest BCUT2D eigenvalue weighted by atomic mass is 10.1. The molecule has 0 fully saturated rings. The van der Waals surface area contributed by atoms with E-state index in [1.807, 2.05) is 30.3 Å². The zero-order valence-corrected chi connectivity index (χ0v) is 11.4. The van der Waals surface area contributed by atoms with Crippen molar-refractivity contribution in [1.29, 1.82) is 0 Å². The maximum atomic E-state index is 14.1. The first-order chi connectivity index (χ1) is 10.1. The summed E-state index contributed by atoms with van der Waals surface area (Å²) in [5.74, 6) is 0.0849. The van der Waals surface area contributed by atoms with Crippen LogP contribution in [-0.2, 0) is 0 Å². The topological polar surface area (TPSA) is 45.8 Å². The molecule has 0 spiro atoms. The smallest absolute Gasteiger partial charge is 0.159 e. The predicted octanol–water partition coefficient (Wildman–Crippen LogP) is 4.09. The number of carbonyl (C=O) groups is 1. The lowest BCUT2D eigenvalue weighted by Crippen LogP contribution is -1.94. The van der Waals surface area contributed by atoms with E-state index in [1.165, 1.54) is 13.0 Å². The average molecular weight is 280 g/mol. The summed E-state index contributed by atoms with van der Waals surface area (Å²) < 4.78 is 14.1. The Balaban J connectivity index is 1.99. The molecule has 0 saturated heterocycles. The van der Waals surface area contributed by atoms with Gasteiger partial charge in [0.2, 0.25) is 0 Å². The van der Waals surface area contributed by atoms with E-state index in [0.29, 0.717) is 22.6 Å². The van der Waals surface area contributed by atoms with Crippen molar-refractivity contribution in [1.82, 2.24) is 9.97 Å². The van der Waals surface area contributed by atoms with Crippen molar-refractivity contribution < 1.29 is 9.18 Å². The van der Waals surface area contributed by atoms with Crippen LogP contribution in [-0.4, -0.2) is 15.8 Å². The number of rotatable bonds is 3. The number of Topliss-reactive ketones (excluding diaryl/α,β-unsaturated/α-hetero) is 1. The zero-order valence-electron chi connectivity index (χ0n) is 11.4. The molecule has 1 heterocycles. The number of halogens is 1. The van der Waals surface area contributed by atoms with Gasteiger partial charge in [-0.1, -0.05) is 36.4 Å². The van der Waals surface area contributed by atoms with E-state index in [0.717, 1.165) is 5.56 Å². The highest BCUT2D eigenvalue weighted by atomic mass is 19.1. The second-order valence-electron chi connectivity index (χ2n) is 4.76. The second-order valence-corrected chi connectivity index (χ2v) is 4.76. The minimum atomic E-state index is -0.439. The maximum absolute atomic E-state index is 14.1. The molecule has 3 aromatic rings. The van der Waals surface area contributed by atoms with Crippen LogP contribution in [0.4, 0.5) is 4.39 Å². The molecular formula is C17H13FN2O. The fraction of sp³-hybridized carbons (Fsp3) is 0.0588. The van der Waals surface area contributed by atoms with Crippen LogP contribution >= 0.6 is 0 Å². The third-order valence-electron chi connectivity index (χ3n) is 3.29. The highest BCUT2D eigenvalue weighted by molar-refractivity contribution is 5.94. The van der Waals surface area contributed by atoms with Crippen LogP contribution in [0, 0.1) is 5.82 Å². The van der Waals surface area contributed by atoms with Crippen LogP contribution in [0.2, 0.25) is 0 Å². The lowest BCUT2D eigenvalue weighted by molar-refractivity contribution is 0.101. The Morgan fingerprint density at radius 1 is 1.14 bits per heavy atom. The maximum Gasteiger partial charge on any atom is 0.159 e. The van der Waals surface area contributed by atoms with Crippen LogP contribution in [0.1, 0.15) is 17.3 Å². The fourth-order valence-corrected chi connectivity index (χ4v) is 2.15. The van der Waals surface area contributed by atoms with Crippen molar-refractivity contribution in [2.45, 2.75) is 6.92 Å². The summed E-state index contributed by atoms with van der Waals surface area (Å²) in [4.78, 5) is 18.6. The van der Waals surface area contributed by atoms with Gasteiger partial charge in [-0.25, -0.2) is 9.37 Å². The lowest BCUT2D eigenvalue weighted by Gasteiger charge is -2.02. The predicted molar refractivity (Wildman–Crippen MR) is 79.4 cm³/mol. The first-order valence-electron chi connectivity index (χ1n) is 6.56. The highest BCUT2D eigenvalue weighted by Crippen LogP contribution is 2.25. The number of hydrogen-bond acceptors (Lipinski definition) is 2. The Hall–Kier alpha value is -2.75. The van der Waals surface area contributed by atoms with Gasteiger partial charge in [-0.3, -0.25) is 4.79 Å². The van der Waals surface area contributed by atoms with Crippen LogP contribution < -0.4 is 0 Å². The molecule has 3 rings (SSSR count).